The van der Waals surface area contributed by atoms with Crippen LogP contribution in [0.25, 0.3) is 0 Å². The Morgan fingerprint density at radius 3 is 2.83 bits per heavy atom. The van der Waals surface area contributed by atoms with E-state index in [-0.39, 0.29) is 12.6 Å². The van der Waals surface area contributed by atoms with E-state index in [2.05, 4.69) is 25.5 Å². The van der Waals surface area contributed by atoms with E-state index in [4.69, 9.17) is 4.74 Å². The fourth-order valence-corrected chi connectivity index (χ4v) is 2.48. The second-order valence-electron chi connectivity index (χ2n) is 5.55. The van der Waals surface area contributed by atoms with E-state index in [0.29, 0.717) is 19.0 Å². The summed E-state index contributed by atoms with van der Waals surface area (Å²) in [5.41, 5.74) is 1.80. The summed E-state index contributed by atoms with van der Waals surface area (Å²) in [5.74, 6) is 1.45. The van der Waals surface area contributed by atoms with Gasteiger partial charge in [-0.2, -0.15) is 0 Å². The van der Waals surface area contributed by atoms with Gasteiger partial charge in [-0.05, 0) is 24.6 Å². The molecule has 0 bridgehead atoms. The molecule has 7 heteroatoms. The number of urea groups is 1. The predicted octanol–water partition coefficient (Wildman–Crippen LogP) is 1.94. The molecule has 0 spiro atoms. The maximum Gasteiger partial charge on any atom is 0.319 e. The van der Waals surface area contributed by atoms with Gasteiger partial charge in [0.1, 0.15) is 11.6 Å². The molecule has 24 heavy (non-hydrogen) atoms. The molecule has 0 unspecified atom stereocenters. The Labute approximate surface area is 141 Å². The summed E-state index contributed by atoms with van der Waals surface area (Å²) >= 11 is 0. The minimum Gasteiger partial charge on any atom is -0.378 e. The van der Waals surface area contributed by atoms with Crippen LogP contribution >= 0.6 is 0 Å². The van der Waals surface area contributed by atoms with E-state index in [0.717, 1.165) is 30.2 Å². The lowest BCUT2D eigenvalue weighted by Crippen LogP contribution is -2.37. The van der Waals surface area contributed by atoms with Crippen molar-refractivity contribution in [3.63, 3.8) is 0 Å². The van der Waals surface area contributed by atoms with Crippen LogP contribution in [0.15, 0.2) is 36.5 Å². The van der Waals surface area contributed by atoms with Crippen LogP contribution in [0.2, 0.25) is 0 Å². The van der Waals surface area contributed by atoms with E-state index in [1.807, 2.05) is 37.3 Å². The summed E-state index contributed by atoms with van der Waals surface area (Å²) in [7, 11) is 0. The maximum atomic E-state index is 12.0. The third-order valence-electron chi connectivity index (χ3n) is 3.83. The van der Waals surface area contributed by atoms with E-state index < -0.39 is 0 Å². The van der Waals surface area contributed by atoms with E-state index in [9.17, 15) is 4.79 Å². The first-order valence-corrected chi connectivity index (χ1v) is 7.97. The number of amides is 2. The number of benzene rings is 1. The van der Waals surface area contributed by atoms with Crippen LogP contribution in [0.4, 0.5) is 16.3 Å². The number of anilines is 2. The van der Waals surface area contributed by atoms with Crippen molar-refractivity contribution in [2.45, 2.75) is 13.5 Å². The number of hydrogen-bond acceptors (Lipinski definition) is 5. The highest BCUT2D eigenvalue weighted by Gasteiger charge is 2.13. The molecule has 126 valence electrons. The third-order valence-corrected chi connectivity index (χ3v) is 3.83. The number of carbonyl (C=O) groups excluding carboxylic acids is 1. The Kier molecular flexibility index (Phi) is 5.22. The van der Waals surface area contributed by atoms with Crippen LogP contribution in [-0.4, -0.2) is 42.3 Å². The van der Waals surface area contributed by atoms with Crippen molar-refractivity contribution in [2.24, 2.45) is 0 Å². The normalized spacial score (nSPS) is 14.3. The van der Waals surface area contributed by atoms with Crippen LogP contribution in [0.3, 0.4) is 0 Å². The average molecular weight is 327 g/mol. The molecule has 0 saturated carbocycles. The molecule has 0 aliphatic carbocycles. The number of morpholine rings is 1. The quantitative estimate of drug-likeness (QED) is 0.897. The van der Waals surface area contributed by atoms with Gasteiger partial charge in [-0.25, -0.2) is 14.8 Å². The molecular weight excluding hydrogens is 306 g/mol. The smallest absolute Gasteiger partial charge is 0.319 e. The van der Waals surface area contributed by atoms with Crippen LogP contribution in [0, 0.1) is 6.92 Å². The Balaban J connectivity index is 1.56. The monoisotopic (exact) mass is 327 g/mol. The number of ether oxygens (including phenoxy) is 1. The maximum absolute atomic E-state index is 12.0. The zero-order chi connectivity index (χ0) is 16.8. The molecule has 1 aliphatic heterocycles. The highest BCUT2D eigenvalue weighted by Crippen LogP contribution is 2.13. The summed E-state index contributed by atoms with van der Waals surface area (Å²) in [6, 6.07) is 9.24. The number of rotatable bonds is 4. The lowest BCUT2D eigenvalue weighted by Gasteiger charge is -2.27. The highest BCUT2D eigenvalue weighted by atomic mass is 16.5. The molecule has 0 radical (unpaired) electrons. The topological polar surface area (TPSA) is 79.4 Å². The van der Waals surface area contributed by atoms with Crippen molar-refractivity contribution < 1.29 is 9.53 Å². The molecule has 2 heterocycles. The van der Waals surface area contributed by atoms with Crippen molar-refractivity contribution in [1.82, 2.24) is 15.3 Å². The van der Waals surface area contributed by atoms with Gasteiger partial charge < -0.3 is 20.3 Å². The molecule has 2 N–H and O–H groups in total. The number of para-hydroxylation sites is 1. The van der Waals surface area contributed by atoms with Gasteiger partial charge in [0.25, 0.3) is 0 Å². The Morgan fingerprint density at radius 2 is 2.04 bits per heavy atom. The third kappa shape index (κ3) is 4.20. The highest BCUT2D eigenvalue weighted by molar-refractivity contribution is 5.89. The minimum absolute atomic E-state index is 0.273. The molecule has 7 nitrogen and oxygen atoms in total. The van der Waals surface area contributed by atoms with Gasteiger partial charge in [0.2, 0.25) is 0 Å². The van der Waals surface area contributed by atoms with Crippen molar-refractivity contribution in [2.75, 3.05) is 36.5 Å². The van der Waals surface area contributed by atoms with E-state index in [1.165, 1.54) is 0 Å². The number of aryl methyl sites for hydroxylation is 1. The SMILES string of the molecule is Cc1ccccc1NC(=O)NCc1nccc(N2CCOCC2)n1. The van der Waals surface area contributed by atoms with Crippen molar-refractivity contribution in [1.29, 1.82) is 0 Å². The fraction of sp³-hybridized carbons (Fsp3) is 0.353. The van der Waals surface area contributed by atoms with Gasteiger partial charge in [-0.3, -0.25) is 0 Å². The van der Waals surface area contributed by atoms with Crippen LogP contribution in [0.1, 0.15) is 11.4 Å². The van der Waals surface area contributed by atoms with Gasteiger partial charge in [0, 0.05) is 25.0 Å². The second kappa shape index (κ2) is 7.74. The van der Waals surface area contributed by atoms with Crippen LogP contribution < -0.4 is 15.5 Å². The zero-order valence-corrected chi connectivity index (χ0v) is 13.7. The van der Waals surface area contributed by atoms with E-state index >= 15 is 0 Å². The van der Waals surface area contributed by atoms with Crippen molar-refractivity contribution in [3.8, 4) is 0 Å². The molecule has 1 saturated heterocycles. The first-order valence-electron chi connectivity index (χ1n) is 7.97. The van der Waals surface area contributed by atoms with Gasteiger partial charge in [0.05, 0.1) is 19.8 Å². The Bertz CT molecular complexity index is 701. The summed E-state index contributed by atoms with van der Waals surface area (Å²) in [5, 5.41) is 5.61. The summed E-state index contributed by atoms with van der Waals surface area (Å²) in [4.78, 5) is 22.9. The average Bonchev–Trinajstić information content (AvgIpc) is 2.63. The molecule has 1 fully saturated rings. The Morgan fingerprint density at radius 1 is 1.25 bits per heavy atom. The number of hydrogen-bond donors (Lipinski definition) is 2. The van der Waals surface area contributed by atoms with Crippen LogP contribution in [-0.2, 0) is 11.3 Å². The molecule has 2 amide bonds. The predicted molar refractivity (Wildman–Crippen MR) is 92.1 cm³/mol. The molecular formula is C17H21N5O2. The summed E-state index contributed by atoms with van der Waals surface area (Å²) < 4.78 is 5.35. The number of aromatic nitrogens is 2. The number of nitrogens with zero attached hydrogens (tertiary/aromatic N) is 3. The fourth-order valence-electron chi connectivity index (χ4n) is 2.48. The lowest BCUT2D eigenvalue weighted by atomic mass is 10.2. The first kappa shape index (κ1) is 16.2. The molecule has 1 aromatic carbocycles. The number of carbonyl (C=O) groups is 1. The minimum atomic E-state index is -0.273. The Hall–Kier alpha value is -2.67. The van der Waals surface area contributed by atoms with Crippen LogP contribution in [0.5, 0.6) is 0 Å². The van der Waals surface area contributed by atoms with Crippen molar-refractivity contribution >= 4 is 17.5 Å². The molecule has 3 rings (SSSR count). The first-order chi connectivity index (χ1) is 11.7. The second-order valence-corrected chi connectivity index (χ2v) is 5.55. The summed E-state index contributed by atoms with van der Waals surface area (Å²) in [6.45, 7) is 5.27. The number of nitrogens with one attached hydrogen (secondary N) is 2. The molecule has 1 aromatic heterocycles. The molecule has 1 aliphatic rings. The van der Waals surface area contributed by atoms with Gasteiger partial charge in [-0.1, -0.05) is 18.2 Å². The van der Waals surface area contributed by atoms with Gasteiger partial charge in [0.15, 0.2) is 0 Å². The lowest BCUT2D eigenvalue weighted by molar-refractivity contribution is 0.122. The summed E-state index contributed by atoms with van der Waals surface area (Å²) in [6.07, 6.45) is 1.72. The molecule has 0 atom stereocenters. The van der Waals surface area contributed by atoms with Gasteiger partial charge in [-0.15, -0.1) is 0 Å². The van der Waals surface area contributed by atoms with Crippen molar-refractivity contribution in [3.05, 3.63) is 47.9 Å². The standard InChI is InChI=1S/C17H21N5O2/c1-13-4-2-3-5-14(13)20-17(23)19-12-15-18-7-6-16(21-15)22-8-10-24-11-9-22/h2-7H,8-12H2,1H3,(H2,19,20,23). The molecule has 2 aromatic rings. The zero-order valence-electron chi connectivity index (χ0n) is 13.7. The van der Waals surface area contributed by atoms with E-state index in [1.54, 1.807) is 6.20 Å². The van der Waals surface area contributed by atoms with Gasteiger partial charge >= 0.3 is 6.03 Å². The largest absolute Gasteiger partial charge is 0.378 e.